The van der Waals surface area contributed by atoms with Crippen molar-refractivity contribution < 1.29 is 14.3 Å². The van der Waals surface area contributed by atoms with Crippen LogP contribution in [0.3, 0.4) is 0 Å². The lowest BCUT2D eigenvalue weighted by molar-refractivity contribution is -0.150. The molecule has 0 aliphatic carbocycles. The van der Waals surface area contributed by atoms with Crippen molar-refractivity contribution in [2.24, 2.45) is 5.41 Å². The van der Waals surface area contributed by atoms with Crippen molar-refractivity contribution in [3.05, 3.63) is 24.2 Å². The first-order chi connectivity index (χ1) is 8.04. The van der Waals surface area contributed by atoms with Crippen molar-refractivity contribution in [1.82, 2.24) is 4.90 Å². The fraction of sp³-hybridized carbons (Fsp3) is 0.615. The molecule has 0 aliphatic heterocycles. The summed E-state index contributed by atoms with van der Waals surface area (Å²) < 4.78 is 5.00. The molecule has 1 aromatic rings. The van der Waals surface area contributed by atoms with Crippen LogP contribution in [0.4, 0.5) is 0 Å². The minimum atomic E-state index is -0.707. The topological polar surface area (TPSA) is 53.7 Å². The van der Waals surface area contributed by atoms with Gasteiger partial charge in [0.05, 0.1) is 17.9 Å². The van der Waals surface area contributed by atoms with Crippen molar-refractivity contribution in [2.45, 2.75) is 33.2 Å². The number of aliphatic carboxylic acids is 1. The summed E-state index contributed by atoms with van der Waals surface area (Å²) in [6.45, 7) is 5.14. The zero-order chi connectivity index (χ0) is 12.9. The molecular weight excluding hydrogens is 218 g/mol. The second kappa shape index (κ2) is 5.87. The molecule has 0 bridgehead atoms. The average molecular weight is 239 g/mol. The van der Waals surface area contributed by atoms with Crippen LogP contribution in [-0.4, -0.2) is 29.6 Å². The summed E-state index contributed by atoms with van der Waals surface area (Å²) in [5, 5.41) is 9.35. The molecule has 17 heavy (non-hydrogen) atoms. The van der Waals surface area contributed by atoms with Gasteiger partial charge < -0.3 is 14.4 Å². The predicted molar refractivity (Wildman–Crippen MR) is 65.7 cm³/mol. The highest BCUT2D eigenvalue weighted by atomic mass is 16.4. The van der Waals surface area contributed by atoms with E-state index in [-0.39, 0.29) is 0 Å². The van der Waals surface area contributed by atoms with Crippen LogP contribution in [0.2, 0.25) is 0 Å². The highest BCUT2D eigenvalue weighted by Gasteiger charge is 2.35. The van der Waals surface area contributed by atoms with Crippen LogP contribution >= 0.6 is 0 Å². The van der Waals surface area contributed by atoms with E-state index in [1.165, 1.54) is 0 Å². The normalized spacial score (nSPS) is 12.0. The molecule has 0 aliphatic rings. The maximum absolute atomic E-state index is 11.4. The Balaban J connectivity index is 2.64. The van der Waals surface area contributed by atoms with E-state index in [9.17, 15) is 9.90 Å². The Labute approximate surface area is 102 Å². The molecule has 96 valence electrons. The summed E-state index contributed by atoms with van der Waals surface area (Å²) in [6.07, 6.45) is 4.62. The highest BCUT2D eigenvalue weighted by Crippen LogP contribution is 2.28. The van der Waals surface area contributed by atoms with Gasteiger partial charge in [-0.15, -0.1) is 0 Å². The van der Waals surface area contributed by atoms with E-state index in [0.717, 1.165) is 5.56 Å². The second-order valence-corrected chi connectivity index (χ2v) is 4.60. The van der Waals surface area contributed by atoms with E-state index in [1.807, 2.05) is 31.9 Å². The molecule has 0 fully saturated rings. The van der Waals surface area contributed by atoms with Crippen molar-refractivity contribution in [3.63, 3.8) is 0 Å². The summed E-state index contributed by atoms with van der Waals surface area (Å²) in [4.78, 5) is 13.4. The van der Waals surface area contributed by atoms with Crippen LogP contribution in [0.5, 0.6) is 0 Å². The Morgan fingerprint density at radius 1 is 1.47 bits per heavy atom. The van der Waals surface area contributed by atoms with E-state index in [0.29, 0.717) is 25.9 Å². The van der Waals surface area contributed by atoms with Gasteiger partial charge in [-0.25, -0.2) is 0 Å². The molecule has 1 aromatic heterocycles. The van der Waals surface area contributed by atoms with Gasteiger partial charge in [0.25, 0.3) is 0 Å². The number of hydrogen-bond donors (Lipinski definition) is 1. The fourth-order valence-corrected chi connectivity index (χ4v) is 2.11. The monoisotopic (exact) mass is 239 g/mol. The van der Waals surface area contributed by atoms with E-state index in [1.54, 1.807) is 12.5 Å². The minimum Gasteiger partial charge on any atom is -0.481 e. The fourth-order valence-electron chi connectivity index (χ4n) is 2.11. The molecule has 4 heteroatoms. The summed E-state index contributed by atoms with van der Waals surface area (Å²) in [5.74, 6) is -0.707. The van der Waals surface area contributed by atoms with Crippen molar-refractivity contribution in [2.75, 3.05) is 13.6 Å². The number of nitrogens with zero attached hydrogens (tertiary/aromatic N) is 1. The lowest BCUT2D eigenvalue weighted by Gasteiger charge is -2.31. The number of carboxylic acid groups (broad SMARTS) is 1. The second-order valence-electron chi connectivity index (χ2n) is 4.60. The molecule has 0 atom stereocenters. The van der Waals surface area contributed by atoms with Crippen LogP contribution in [0.25, 0.3) is 0 Å². The molecule has 1 N–H and O–H groups in total. The van der Waals surface area contributed by atoms with Crippen LogP contribution < -0.4 is 0 Å². The number of rotatable bonds is 7. The van der Waals surface area contributed by atoms with E-state index in [2.05, 4.69) is 0 Å². The van der Waals surface area contributed by atoms with Crippen LogP contribution in [-0.2, 0) is 11.3 Å². The molecule has 0 saturated heterocycles. The summed E-state index contributed by atoms with van der Waals surface area (Å²) >= 11 is 0. The Morgan fingerprint density at radius 2 is 2.12 bits per heavy atom. The maximum Gasteiger partial charge on any atom is 0.310 e. The maximum atomic E-state index is 11.4. The molecule has 0 spiro atoms. The zero-order valence-electron chi connectivity index (χ0n) is 10.8. The molecule has 0 amide bonds. The third kappa shape index (κ3) is 3.33. The smallest absolute Gasteiger partial charge is 0.310 e. The average Bonchev–Trinajstić information content (AvgIpc) is 2.78. The van der Waals surface area contributed by atoms with Gasteiger partial charge in [0, 0.05) is 18.7 Å². The standard InChI is InChI=1S/C13H21NO3/c1-4-13(5-2,12(15)16)10-14(3)8-11-6-7-17-9-11/h6-7,9H,4-5,8,10H2,1-3H3,(H,15,16). The van der Waals surface area contributed by atoms with Gasteiger partial charge in [0.1, 0.15) is 0 Å². The summed E-state index contributed by atoms with van der Waals surface area (Å²) in [5.41, 5.74) is 0.428. The zero-order valence-corrected chi connectivity index (χ0v) is 10.8. The van der Waals surface area contributed by atoms with Gasteiger partial charge in [-0.2, -0.15) is 0 Å². The first-order valence-electron chi connectivity index (χ1n) is 5.97. The first kappa shape index (κ1) is 13.8. The van der Waals surface area contributed by atoms with Gasteiger partial charge in [0.2, 0.25) is 0 Å². The molecule has 4 nitrogen and oxygen atoms in total. The Morgan fingerprint density at radius 3 is 2.53 bits per heavy atom. The minimum absolute atomic E-state index is 0.556. The van der Waals surface area contributed by atoms with E-state index >= 15 is 0 Å². The van der Waals surface area contributed by atoms with Crippen molar-refractivity contribution in [1.29, 1.82) is 0 Å². The van der Waals surface area contributed by atoms with E-state index in [4.69, 9.17) is 4.42 Å². The first-order valence-corrected chi connectivity index (χ1v) is 5.97. The molecule has 0 saturated carbocycles. The van der Waals surface area contributed by atoms with Crippen molar-refractivity contribution in [3.8, 4) is 0 Å². The Bertz CT molecular complexity index is 342. The van der Waals surface area contributed by atoms with Gasteiger partial charge >= 0.3 is 5.97 Å². The largest absolute Gasteiger partial charge is 0.481 e. The van der Waals surface area contributed by atoms with Gasteiger partial charge in [0.15, 0.2) is 0 Å². The number of carboxylic acids is 1. The Kier molecular flexibility index (Phi) is 4.75. The molecule has 0 unspecified atom stereocenters. The SMILES string of the molecule is CCC(CC)(CN(C)Cc1ccoc1)C(=O)O. The van der Waals surface area contributed by atoms with Gasteiger partial charge in [-0.05, 0) is 26.0 Å². The van der Waals surface area contributed by atoms with Crippen molar-refractivity contribution >= 4 is 5.97 Å². The van der Waals surface area contributed by atoms with E-state index < -0.39 is 11.4 Å². The van der Waals surface area contributed by atoms with Crippen LogP contribution in [0.15, 0.2) is 23.0 Å². The lowest BCUT2D eigenvalue weighted by atomic mass is 9.82. The third-order valence-electron chi connectivity index (χ3n) is 3.41. The summed E-state index contributed by atoms with van der Waals surface area (Å²) in [7, 11) is 1.94. The van der Waals surface area contributed by atoms with Crippen LogP contribution in [0, 0.1) is 5.41 Å². The number of furan rings is 1. The number of hydrogen-bond acceptors (Lipinski definition) is 3. The molecule has 0 radical (unpaired) electrons. The molecule has 1 rings (SSSR count). The quantitative estimate of drug-likeness (QED) is 0.794. The van der Waals surface area contributed by atoms with Gasteiger partial charge in [-0.1, -0.05) is 13.8 Å². The Hall–Kier alpha value is -1.29. The summed E-state index contributed by atoms with van der Waals surface area (Å²) in [6, 6.07) is 1.90. The van der Waals surface area contributed by atoms with Gasteiger partial charge in [-0.3, -0.25) is 4.79 Å². The third-order valence-corrected chi connectivity index (χ3v) is 3.41. The number of carbonyl (C=O) groups is 1. The molecule has 0 aromatic carbocycles. The molecule has 1 heterocycles. The van der Waals surface area contributed by atoms with Crippen LogP contribution in [0.1, 0.15) is 32.3 Å². The predicted octanol–water partition coefficient (Wildman–Crippen LogP) is 2.60. The molecular formula is C13H21NO3. The lowest BCUT2D eigenvalue weighted by Crippen LogP contribution is -2.40. The highest BCUT2D eigenvalue weighted by molar-refractivity contribution is 5.74.